The number of nitrogens with one attached hydrogen (secondary N) is 2. The Labute approximate surface area is 132 Å². The molecule has 0 aliphatic carbocycles. The molecule has 7 nitrogen and oxygen atoms in total. The molecule has 1 unspecified atom stereocenters. The Bertz CT molecular complexity index is 603. The highest BCUT2D eigenvalue weighted by molar-refractivity contribution is 9.10. The van der Waals surface area contributed by atoms with Gasteiger partial charge in [0.2, 0.25) is 10.0 Å². The molecule has 21 heavy (non-hydrogen) atoms. The fourth-order valence-electron chi connectivity index (χ4n) is 2.08. The van der Waals surface area contributed by atoms with Crippen molar-refractivity contribution >= 4 is 31.8 Å². The molecule has 1 fully saturated rings. The van der Waals surface area contributed by atoms with Crippen molar-refractivity contribution in [3.63, 3.8) is 0 Å². The summed E-state index contributed by atoms with van der Waals surface area (Å²) < 4.78 is 38.8. The van der Waals surface area contributed by atoms with E-state index in [-0.39, 0.29) is 11.4 Å². The van der Waals surface area contributed by atoms with Gasteiger partial charge >= 0.3 is 0 Å². The molecule has 1 aliphatic rings. The smallest absolute Gasteiger partial charge is 0.244 e. The van der Waals surface area contributed by atoms with E-state index in [0.29, 0.717) is 29.9 Å². The Morgan fingerprint density at radius 2 is 2.33 bits per heavy atom. The van der Waals surface area contributed by atoms with Gasteiger partial charge in [-0.15, -0.1) is 0 Å². The molecule has 1 aromatic rings. The summed E-state index contributed by atoms with van der Waals surface area (Å²) in [4.78, 5) is 4.13. The van der Waals surface area contributed by atoms with E-state index in [1.165, 1.54) is 12.3 Å². The lowest BCUT2D eigenvalue weighted by Crippen LogP contribution is -2.45. The van der Waals surface area contributed by atoms with E-state index in [0.717, 1.165) is 0 Å². The number of hydrogen-bond donors (Lipinski definition) is 2. The summed E-state index contributed by atoms with van der Waals surface area (Å²) in [5, 5.41) is 2.77. The van der Waals surface area contributed by atoms with Gasteiger partial charge in [-0.3, -0.25) is 0 Å². The van der Waals surface area contributed by atoms with Crippen molar-refractivity contribution in [2.75, 3.05) is 39.2 Å². The van der Waals surface area contributed by atoms with Crippen molar-refractivity contribution in [1.29, 1.82) is 0 Å². The molecule has 0 bridgehead atoms. The van der Waals surface area contributed by atoms with Crippen LogP contribution in [-0.4, -0.2) is 52.9 Å². The lowest BCUT2D eigenvalue weighted by Gasteiger charge is -2.26. The third-order valence-corrected chi connectivity index (χ3v) is 5.28. The van der Waals surface area contributed by atoms with E-state index in [2.05, 4.69) is 31.0 Å². The molecule has 0 aromatic carbocycles. The first kappa shape index (κ1) is 16.6. The van der Waals surface area contributed by atoms with Gasteiger partial charge < -0.3 is 14.8 Å². The molecule has 1 aromatic heterocycles. The molecule has 2 heterocycles. The third kappa shape index (κ3) is 3.72. The molecule has 118 valence electrons. The lowest BCUT2D eigenvalue weighted by atomic mass is 10.0. The first-order valence-corrected chi connectivity index (χ1v) is 8.66. The zero-order valence-corrected chi connectivity index (χ0v) is 14.3. The second-order valence-corrected chi connectivity index (χ2v) is 7.42. The SMILES string of the molecule is CNc1ncc(Br)cc1S(=O)(=O)NCC1(OC)CCOC1. The van der Waals surface area contributed by atoms with Gasteiger partial charge in [-0.1, -0.05) is 0 Å². The van der Waals surface area contributed by atoms with Gasteiger partial charge in [0.15, 0.2) is 0 Å². The van der Waals surface area contributed by atoms with Gasteiger partial charge in [-0.2, -0.15) is 0 Å². The van der Waals surface area contributed by atoms with Gasteiger partial charge in [-0.05, 0) is 22.0 Å². The van der Waals surface area contributed by atoms with Crippen molar-refractivity contribution in [2.24, 2.45) is 0 Å². The lowest BCUT2D eigenvalue weighted by molar-refractivity contribution is -0.0120. The zero-order chi connectivity index (χ0) is 15.5. The van der Waals surface area contributed by atoms with Crippen LogP contribution in [0, 0.1) is 0 Å². The summed E-state index contributed by atoms with van der Waals surface area (Å²) in [5.41, 5.74) is -0.605. The average Bonchev–Trinajstić information content (AvgIpc) is 2.95. The quantitative estimate of drug-likeness (QED) is 0.765. The molecule has 0 saturated carbocycles. The predicted molar refractivity (Wildman–Crippen MR) is 81.8 cm³/mol. The molecule has 0 radical (unpaired) electrons. The fraction of sp³-hybridized carbons (Fsp3) is 0.583. The van der Waals surface area contributed by atoms with Crippen molar-refractivity contribution in [1.82, 2.24) is 9.71 Å². The summed E-state index contributed by atoms with van der Waals surface area (Å²) in [6.07, 6.45) is 2.19. The van der Waals surface area contributed by atoms with Crippen LogP contribution in [0.2, 0.25) is 0 Å². The minimum Gasteiger partial charge on any atom is -0.378 e. The average molecular weight is 380 g/mol. The number of hydrogen-bond acceptors (Lipinski definition) is 6. The van der Waals surface area contributed by atoms with E-state index in [9.17, 15) is 8.42 Å². The molecular weight excluding hydrogens is 362 g/mol. The maximum Gasteiger partial charge on any atom is 0.244 e. The second kappa shape index (κ2) is 6.57. The zero-order valence-electron chi connectivity index (χ0n) is 11.8. The van der Waals surface area contributed by atoms with Crippen LogP contribution in [0.25, 0.3) is 0 Å². The monoisotopic (exact) mass is 379 g/mol. The predicted octanol–water partition coefficient (Wildman–Crippen LogP) is 0.970. The van der Waals surface area contributed by atoms with E-state index >= 15 is 0 Å². The number of pyridine rings is 1. The molecule has 2 rings (SSSR count). The standard InChI is InChI=1S/C12H18BrN3O4S/c1-14-11-10(5-9(13)6-15-11)21(17,18)16-7-12(19-2)3-4-20-8-12/h5-6,16H,3-4,7-8H2,1-2H3,(H,14,15). The molecule has 9 heteroatoms. The highest BCUT2D eigenvalue weighted by atomic mass is 79.9. The molecule has 1 atom stereocenters. The molecule has 0 spiro atoms. The van der Waals surface area contributed by atoms with Crippen molar-refractivity contribution in [3.8, 4) is 0 Å². The van der Waals surface area contributed by atoms with Crippen molar-refractivity contribution in [3.05, 3.63) is 16.7 Å². The van der Waals surface area contributed by atoms with E-state index in [1.807, 2.05) is 0 Å². The maximum atomic E-state index is 12.5. The number of rotatable bonds is 6. The van der Waals surface area contributed by atoms with Gasteiger partial charge in [0, 0.05) is 44.4 Å². The Kier molecular flexibility index (Phi) is 5.20. The van der Waals surface area contributed by atoms with E-state index in [1.54, 1.807) is 14.2 Å². The highest BCUT2D eigenvalue weighted by Crippen LogP contribution is 2.25. The van der Waals surface area contributed by atoms with Gasteiger partial charge in [0.25, 0.3) is 0 Å². The van der Waals surface area contributed by atoms with Gasteiger partial charge in [-0.25, -0.2) is 18.1 Å². The number of sulfonamides is 1. The van der Waals surface area contributed by atoms with Crippen LogP contribution in [0.1, 0.15) is 6.42 Å². The first-order chi connectivity index (χ1) is 9.92. The van der Waals surface area contributed by atoms with Crippen molar-refractivity contribution in [2.45, 2.75) is 16.9 Å². The van der Waals surface area contributed by atoms with Crippen LogP contribution in [0.3, 0.4) is 0 Å². The normalized spacial score (nSPS) is 22.4. The summed E-state index contributed by atoms with van der Waals surface area (Å²) in [7, 11) is -0.522. The van der Waals surface area contributed by atoms with Crippen LogP contribution in [-0.2, 0) is 19.5 Å². The minimum absolute atomic E-state index is 0.0875. The maximum absolute atomic E-state index is 12.5. The van der Waals surface area contributed by atoms with E-state index < -0.39 is 15.6 Å². The van der Waals surface area contributed by atoms with Crippen LogP contribution >= 0.6 is 15.9 Å². The fourth-order valence-corrected chi connectivity index (χ4v) is 3.86. The first-order valence-electron chi connectivity index (χ1n) is 6.38. The molecule has 0 amide bonds. The molecule has 2 N–H and O–H groups in total. The highest BCUT2D eigenvalue weighted by Gasteiger charge is 2.36. The number of aromatic nitrogens is 1. The number of halogens is 1. The number of anilines is 1. The van der Waals surface area contributed by atoms with E-state index in [4.69, 9.17) is 9.47 Å². The van der Waals surface area contributed by atoms with Gasteiger partial charge in [0.05, 0.1) is 6.61 Å². The van der Waals surface area contributed by atoms with Crippen LogP contribution in [0.4, 0.5) is 5.82 Å². The molecule has 1 aliphatic heterocycles. The largest absolute Gasteiger partial charge is 0.378 e. The topological polar surface area (TPSA) is 89.6 Å². The number of methoxy groups -OCH3 is 1. The number of nitrogens with zero attached hydrogens (tertiary/aromatic N) is 1. The Hall–Kier alpha value is -0.740. The van der Waals surface area contributed by atoms with Crippen molar-refractivity contribution < 1.29 is 17.9 Å². The summed E-state index contributed by atoms with van der Waals surface area (Å²) in [6.45, 7) is 1.10. The summed E-state index contributed by atoms with van der Waals surface area (Å²) in [5.74, 6) is 0.292. The third-order valence-electron chi connectivity index (χ3n) is 3.43. The Morgan fingerprint density at radius 1 is 1.57 bits per heavy atom. The minimum atomic E-state index is -3.70. The van der Waals surface area contributed by atoms with Crippen LogP contribution in [0.15, 0.2) is 21.6 Å². The summed E-state index contributed by atoms with van der Waals surface area (Å²) in [6, 6.07) is 1.51. The van der Waals surface area contributed by atoms with Crippen LogP contribution in [0.5, 0.6) is 0 Å². The van der Waals surface area contributed by atoms with Gasteiger partial charge in [0.1, 0.15) is 16.3 Å². The molecule has 1 saturated heterocycles. The molecular formula is C12H18BrN3O4S. The summed E-state index contributed by atoms with van der Waals surface area (Å²) >= 11 is 3.23. The van der Waals surface area contributed by atoms with Crippen LogP contribution < -0.4 is 10.0 Å². The second-order valence-electron chi connectivity index (χ2n) is 4.76. The Morgan fingerprint density at radius 3 is 2.90 bits per heavy atom. The number of ether oxygens (including phenoxy) is 2. The Balaban J connectivity index is 2.20.